The molecule has 4 heterocycles. The fourth-order valence-electron chi connectivity index (χ4n) is 8.90. The molecule has 39 heavy (non-hydrogen) atoms. The number of phenols is 2. The van der Waals surface area contributed by atoms with Crippen LogP contribution in [0.3, 0.4) is 0 Å². The molecule has 0 spiro atoms. The van der Waals surface area contributed by atoms with Crippen molar-refractivity contribution in [3.05, 3.63) is 45.5 Å². The zero-order valence-electron chi connectivity index (χ0n) is 26.0. The van der Waals surface area contributed by atoms with Gasteiger partial charge < -0.3 is 20.0 Å². The van der Waals surface area contributed by atoms with Crippen LogP contribution in [-0.4, -0.2) is 35.4 Å². The van der Waals surface area contributed by atoms with E-state index in [1.807, 2.05) is 0 Å². The summed E-state index contributed by atoms with van der Waals surface area (Å²) >= 11 is 0. The van der Waals surface area contributed by atoms with Gasteiger partial charge in [-0.25, -0.2) is 0 Å². The molecule has 0 saturated heterocycles. The first-order chi connectivity index (χ1) is 18.0. The van der Waals surface area contributed by atoms with Crippen LogP contribution in [0, 0.1) is 0 Å². The second-order valence-electron chi connectivity index (χ2n) is 16.0. The number of rotatable bonds is 2. The molecule has 4 nitrogen and oxygen atoms in total. The number of aromatic hydroxyl groups is 2. The van der Waals surface area contributed by atoms with Crippen LogP contribution in [-0.2, 0) is 28.1 Å². The average Bonchev–Trinajstić information content (AvgIpc) is 2.78. The first-order valence-electron chi connectivity index (χ1n) is 15.3. The SMILES string of the molecule is C[C@@H]1CC(C)(C)c2c(O)c(Cc3cc4c5c(c3O)C(C)(C)C[C@H](C)N5CCC4(C)C)cc3c2N1CCC3(C)C. The number of hydrogen-bond acceptors (Lipinski definition) is 4. The van der Waals surface area contributed by atoms with Crippen LogP contribution in [0.15, 0.2) is 12.1 Å². The van der Waals surface area contributed by atoms with E-state index in [0.29, 0.717) is 30.0 Å². The molecule has 4 aliphatic rings. The van der Waals surface area contributed by atoms with Gasteiger partial charge in [-0.05, 0) is 95.6 Å². The first-order valence-corrected chi connectivity index (χ1v) is 15.3. The highest BCUT2D eigenvalue weighted by atomic mass is 16.3. The fraction of sp³-hybridized carbons (Fsp3) is 0.657. The molecule has 2 aromatic rings. The molecule has 0 bridgehead atoms. The van der Waals surface area contributed by atoms with Crippen molar-refractivity contribution in [1.82, 2.24) is 0 Å². The van der Waals surface area contributed by atoms with Crippen LogP contribution in [0.2, 0.25) is 0 Å². The van der Waals surface area contributed by atoms with Crippen molar-refractivity contribution in [2.45, 2.75) is 135 Å². The lowest BCUT2D eigenvalue weighted by atomic mass is 9.66. The van der Waals surface area contributed by atoms with Crippen LogP contribution in [0.5, 0.6) is 11.5 Å². The molecule has 212 valence electrons. The van der Waals surface area contributed by atoms with Crippen molar-refractivity contribution in [3.63, 3.8) is 0 Å². The quantitative estimate of drug-likeness (QED) is 0.416. The Morgan fingerprint density at radius 1 is 0.641 bits per heavy atom. The average molecular weight is 531 g/mol. The maximum absolute atomic E-state index is 12.0. The Morgan fingerprint density at radius 3 is 1.36 bits per heavy atom. The molecule has 4 aliphatic heterocycles. The van der Waals surface area contributed by atoms with Crippen LogP contribution < -0.4 is 9.80 Å². The first kappa shape index (κ1) is 26.8. The van der Waals surface area contributed by atoms with Gasteiger partial charge in [0.25, 0.3) is 0 Å². The number of anilines is 2. The predicted molar refractivity (Wildman–Crippen MR) is 163 cm³/mol. The molecule has 0 saturated carbocycles. The van der Waals surface area contributed by atoms with Crippen molar-refractivity contribution < 1.29 is 10.2 Å². The zero-order valence-corrected chi connectivity index (χ0v) is 26.0. The highest BCUT2D eigenvalue weighted by Gasteiger charge is 2.47. The molecular formula is C35H50N2O2. The van der Waals surface area contributed by atoms with Crippen molar-refractivity contribution in [1.29, 1.82) is 0 Å². The lowest BCUT2D eigenvalue weighted by Gasteiger charge is -2.52. The van der Waals surface area contributed by atoms with Crippen molar-refractivity contribution in [2.24, 2.45) is 0 Å². The summed E-state index contributed by atoms with van der Waals surface area (Å²) in [5, 5.41) is 24.0. The van der Waals surface area contributed by atoms with Crippen LogP contribution in [0.1, 0.15) is 128 Å². The van der Waals surface area contributed by atoms with E-state index >= 15 is 0 Å². The van der Waals surface area contributed by atoms with Gasteiger partial charge >= 0.3 is 0 Å². The van der Waals surface area contributed by atoms with Gasteiger partial charge in [-0.3, -0.25) is 0 Å². The van der Waals surface area contributed by atoms with E-state index in [4.69, 9.17) is 0 Å². The molecule has 2 aromatic carbocycles. The normalized spacial score (nSPS) is 27.1. The van der Waals surface area contributed by atoms with Crippen molar-refractivity contribution >= 4 is 11.4 Å². The van der Waals surface area contributed by atoms with Crippen LogP contribution in [0.4, 0.5) is 11.4 Å². The standard InChI is InChI=1S/C35H50N2O2/c1-20-18-34(7,8)26-28-24(32(3,4)11-13-36(20)28)16-22(30(26)38)15-23-17-25-29-27(31(23)39)35(9,10)19-21(2)37(29)14-12-33(25,5)6/h16-17,20-21,38-39H,11-15,18-19H2,1-10H3/t20-,21+. The van der Waals surface area contributed by atoms with E-state index < -0.39 is 0 Å². The lowest BCUT2D eigenvalue weighted by molar-refractivity contribution is 0.340. The summed E-state index contributed by atoms with van der Waals surface area (Å²) in [5.74, 6) is 0.876. The molecule has 0 aromatic heterocycles. The van der Waals surface area contributed by atoms with Crippen molar-refractivity contribution in [3.8, 4) is 11.5 Å². The summed E-state index contributed by atoms with van der Waals surface area (Å²) in [7, 11) is 0. The van der Waals surface area contributed by atoms with Gasteiger partial charge in [-0.15, -0.1) is 0 Å². The van der Waals surface area contributed by atoms with Gasteiger partial charge in [-0.1, -0.05) is 55.4 Å². The molecule has 0 unspecified atom stereocenters. The Labute approximate surface area is 236 Å². The smallest absolute Gasteiger partial charge is 0.124 e. The summed E-state index contributed by atoms with van der Waals surface area (Å²) < 4.78 is 0. The molecule has 2 N–H and O–H groups in total. The third kappa shape index (κ3) is 3.75. The van der Waals surface area contributed by atoms with Gasteiger partial charge in [0.05, 0.1) is 0 Å². The minimum atomic E-state index is -0.113. The fourth-order valence-corrected chi connectivity index (χ4v) is 8.90. The van der Waals surface area contributed by atoms with E-state index in [1.54, 1.807) is 0 Å². The number of nitrogens with zero attached hydrogens (tertiary/aromatic N) is 2. The molecule has 6 rings (SSSR count). The van der Waals surface area contributed by atoms with E-state index in [2.05, 4.69) is 91.2 Å². The van der Waals surface area contributed by atoms with Crippen LogP contribution >= 0.6 is 0 Å². The van der Waals surface area contributed by atoms with Gasteiger partial charge in [0.2, 0.25) is 0 Å². The number of benzene rings is 2. The molecule has 0 amide bonds. The molecule has 0 radical (unpaired) electrons. The number of hydrogen-bond donors (Lipinski definition) is 2. The zero-order chi connectivity index (χ0) is 28.4. The Balaban J connectivity index is 1.58. The van der Waals surface area contributed by atoms with E-state index in [0.717, 1.165) is 61.0 Å². The Kier molecular flexibility index (Phi) is 5.58. The van der Waals surface area contributed by atoms with Gasteiger partial charge in [0, 0.05) is 54.1 Å². The molecule has 2 atom stereocenters. The largest absolute Gasteiger partial charge is 0.507 e. The Morgan fingerprint density at radius 2 is 1.00 bits per heavy atom. The molecule has 0 fully saturated rings. The maximum atomic E-state index is 12.0. The highest BCUT2D eigenvalue weighted by molar-refractivity contribution is 5.76. The highest BCUT2D eigenvalue weighted by Crippen LogP contribution is 2.57. The second-order valence-corrected chi connectivity index (χ2v) is 16.0. The summed E-state index contributed by atoms with van der Waals surface area (Å²) in [6, 6.07) is 5.48. The predicted octanol–water partition coefficient (Wildman–Crippen LogP) is 7.80. The van der Waals surface area contributed by atoms with Crippen LogP contribution in [0.25, 0.3) is 0 Å². The number of phenolic OH excluding ortho intramolecular Hbond substituents is 2. The van der Waals surface area contributed by atoms with Crippen molar-refractivity contribution in [2.75, 3.05) is 22.9 Å². The monoisotopic (exact) mass is 530 g/mol. The maximum Gasteiger partial charge on any atom is 0.124 e. The topological polar surface area (TPSA) is 46.9 Å². The minimum absolute atomic E-state index is 0.0423. The summed E-state index contributed by atoms with van der Waals surface area (Å²) in [6.07, 6.45) is 4.82. The van der Waals surface area contributed by atoms with E-state index in [-0.39, 0.29) is 21.7 Å². The van der Waals surface area contributed by atoms with Gasteiger partial charge in [-0.2, -0.15) is 0 Å². The van der Waals surface area contributed by atoms with Gasteiger partial charge in [0.15, 0.2) is 0 Å². The summed E-state index contributed by atoms with van der Waals surface area (Å²) in [4.78, 5) is 5.10. The van der Waals surface area contributed by atoms with E-state index in [1.165, 1.54) is 22.5 Å². The van der Waals surface area contributed by atoms with Gasteiger partial charge in [0.1, 0.15) is 11.5 Å². The lowest BCUT2D eigenvalue weighted by Crippen LogP contribution is -2.49. The minimum Gasteiger partial charge on any atom is -0.507 e. The Bertz CT molecular complexity index is 1260. The Hall–Kier alpha value is -2.36. The molecular weight excluding hydrogens is 480 g/mol. The van der Waals surface area contributed by atoms with E-state index in [9.17, 15) is 10.2 Å². The second kappa shape index (κ2) is 8.10. The molecule has 0 aliphatic carbocycles. The third-order valence-corrected chi connectivity index (χ3v) is 11.1. The summed E-state index contributed by atoms with van der Waals surface area (Å²) in [6.45, 7) is 25.3. The summed E-state index contributed by atoms with van der Waals surface area (Å²) in [5.41, 5.74) is 9.25. The molecule has 4 heteroatoms. The third-order valence-electron chi connectivity index (χ3n) is 11.1.